The molecule has 2 fully saturated rings. The standard InChI is InChI=1S/C25H28F3N3O3/c1-25(19-5-8-21(27)22(28)15-19)16-34-24(33)31(25)23(32)29-11-2-12-30-13-9-18(10-14-30)17-3-6-20(26)7-4-17/h3-8,15,18H,2,9-14,16H2,1H3,(H,29,32)/t25-/m1/s1. The summed E-state index contributed by atoms with van der Waals surface area (Å²) in [5, 5.41) is 2.74. The fourth-order valence-electron chi connectivity index (χ4n) is 4.69. The second-order valence-corrected chi connectivity index (χ2v) is 9.05. The van der Waals surface area contributed by atoms with Gasteiger partial charge in [-0.15, -0.1) is 0 Å². The SMILES string of the molecule is C[C@]1(c2ccc(F)c(F)c2)COC(=O)N1C(=O)NCCCN1CCC(c2ccc(F)cc2)CC1. The Kier molecular flexibility index (Phi) is 7.11. The minimum absolute atomic E-state index is 0.146. The molecule has 2 aromatic carbocycles. The molecule has 2 saturated heterocycles. The van der Waals surface area contributed by atoms with Crippen molar-refractivity contribution in [3.63, 3.8) is 0 Å². The molecule has 2 aliphatic heterocycles. The highest BCUT2D eigenvalue weighted by Gasteiger charge is 2.49. The van der Waals surface area contributed by atoms with E-state index in [1.807, 2.05) is 12.1 Å². The Balaban J connectivity index is 1.25. The van der Waals surface area contributed by atoms with E-state index in [0.717, 1.165) is 55.1 Å². The van der Waals surface area contributed by atoms with Crippen LogP contribution in [0.4, 0.5) is 22.8 Å². The molecule has 3 amide bonds. The summed E-state index contributed by atoms with van der Waals surface area (Å²) in [5.41, 5.74) is 0.198. The molecular weight excluding hydrogens is 447 g/mol. The summed E-state index contributed by atoms with van der Waals surface area (Å²) in [6.45, 7) is 4.42. The van der Waals surface area contributed by atoms with Gasteiger partial charge in [0.2, 0.25) is 0 Å². The summed E-state index contributed by atoms with van der Waals surface area (Å²) in [6.07, 6.45) is 1.85. The molecule has 0 bridgehead atoms. The maximum Gasteiger partial charge on any atom is 0.419 e. The van der Waals surface area contributed by atoms with Gasteiger partial charge in [0.25, 0.3) is 0 Å². The first-order valence-electron chi connectivity index (χ1n) is 11.5. The third-order valence-corrected chi connectivity index (χ3v) is 6.75. The van der Waals surface area contributed by atoms with Crippen LogP contribution in [0.5, 0.6) is 0 Å². The fraction of sp³-hybridized carbons (Fsp3) is 0.440. The lowest BCUT2D eigenvalue weighted by atomic mass is 9.89. The Morgan fingerprint density at radius 3 is 2.47 bits per heavy atom. The molecule has 2 aromatic rings. The Labute approximate surface area is 196 Å². The van der Waals surface area contributed by atoms with Crippen LogP contribution in [-0.2, 0) is 10.3 Å². The van der Waals surface area contributed by atoms with Crippen molar-refractivity contribution in [3.8, 4) is 0 Å². The van der Waals surface area contributed by atoms with E-state index >= 15 is 0 Å². The van der Waals surface area contributed by atoms with Gasteiger partial charge in [-0.3, -0.25) is 0 Å². The summed E-state index contributed by atoms with van der Waals surface area (Å²) < 4.78 is 45.3. The first-order valence-corrected chi connectivity index (χ1v) is 11.5. The van der Waals surface area contributed by atoms with Crippen LogP contribution in [0.15, 0.2) is 42.5 Å². The maximum absolute atomic E-state index is 13.8. The summed E-state index contributed by atoms with van der Waals surface area (Å²) in [4.78, 5) is 28.3. The van der Waals surface area contributed by atoms with Crippen molar-refractivity contribution in [1.29, 1.82) is 0 Å². The fourth-order valence-corrected chi connectivity index (χ4v) is 4.69. The lowest BCUT2D eigenvalue weighted by molar-refractivity contribution is 0.153. The van der Waals surface area contributed by atoms with Gasteiger partial charge < -0.3 is 15.0 Å². The van der Waals surface area contributed by atoms with Crippen molar-refractivity contribution < 1.29 is 27.5 Å². The smallest absolute Gasteiger partial charge is 0.419 e. The summed E-state index contributed by atoms with van der Waals surface area (Å²) in [6, 6.07) is 9.35. The number of cyclic esters (lactones) is 1. The van der Waals surface area contributed by atoms with Gasteiger partial charge in [0.05, 0.1) is 0 Å². The number of hydrogen-bond acceptors (Lipinski definition) is 4. The van der Waals surface area contributed by atoms with Crippen molar-refractivity contribution in [2.24, 2.45) is 0 Å². The average Bonchev–Trinajstić information content (AvgIpc) is 3.14. The van der Waals surface area contributed by atoms with E-state index in [-0.39, 0.29) is 18.0 Å². The van der Waals surface area contributed by atoms with E-state index in [1.165, 1.54) is 18.2 Å². The third kappa shape index (κ3) is 5.04. The average molecular weight is 476 g/mol. The number of likely N-dealkylation sites (tertiary alicyclic amines) is 1. The van der Waals surface area contributed by atoms with Crippen LogP contribution in [0.2, 0.25) is 0 Å². The first-order chi connectivity index (χ1) is 16.3. The number of amides is 3. The highest BCUT2D eigenvalue weighted by Crippen LogP contribution is 2.35. The first kappa shape index (κ1) is 24.1. The molecule has 0 spiro atoms. The van der Waals surface area contributed by atoms with Gasteiger partial charge in [-0.05, 0) is 87.1 Å². The van der Waals surface area contributed by atoms with Crippen LogP contribution >= 0.6 is 0 Å². The molecule has 182 valence electrons. The number of rotatable bonds is 6. The number of nitrogens with one attached hydrogen (secondary N) is 1. The normalized spacial score (nSPS) is 21.5. The number of urea groups is 1. The van der Waals surface area contributed by atoms with E-state index < -0.39 is 29.3 Å². The number of carbonyl (C=O) groups excluding carboxylic acids is 2. The largest absolute Gasteiger partial charge is 0.446 e. The van der Waals surface area contributed by atoms with E-state index in [0.29, 0.717) is 18.9 Å². The summed E-state index contributed by atoms with van der Waals surface area (Å²) in [5.74, 6) is -1.86. The minimum atomic E-state index is -1.24. The molecule has 4 rings (SSSR count). The molecule has 9 heteroatoms. The maximum atomic E-state index is 13.8. The number of piperidine rings is 1. The summed E-state index contributed by atoms with van der Waals surface area (Å²) in [7, 11) is 0. The van der Waals surface area contributed by atoms with Crippen molar-refractivity contribution >= 4 is 12.1 Å². The molecule has 0 radical (unpaired) electrons. The molecule has 0 aliphatic carbocycles. The monoisotopic (exact) mass is 475 g/mol. The number of nitrogens with zero attached hydrogens (tertiary/aromatic N) is 2. The highest BCUT2D eigenvalue weighted by molar-refractivity contribution is 5.93. The predicted octanol–water partition coefficient (Wildman–Crippen LogP) is 4.75. The number of ether oxygens (including phenoxy) is 1. The molecule has 34 heavy (non-hydrogen) atoms. The second-order valence-electron chi connectivity index (χ2n) is 9.05. The highest BCUT2D eigenvalue weighted by atomic mass is 19.2. The molecule has 1 atom stereocenters. The molecule has 0 saturated carbocycles. The second kappa shape index (κ2) is 10.0. The molecule has 2 heterocycles. The van der Waals surface area contributed by atoms with Crippen molar-refractivity contribution in [2.45, 2.75) is 37.6 Å². The number of halogens is 3. The zero-order chi connectivity index (χ0) is 24.3. The van der Waals surface area contributed by atoms with Gasteiger partial charge in [-0.1, -0.05) is 18.2 Å². The Morgan fingerprint density at radius 2 is 1.79 bits per heavy atom. The molecular formula is C25H28F3N3O3. The predicted molar refractivity (Wildman–Crippen MR) is 120 cm³/mol. The lowest BCUT2D eigenvalue weighted by Crippen LogP contribution is -2.51. The Morgan fingerprint density at radius 1 is 1.09 bits per heavy atom. The topological polar surface area (TPSA) is 61.9 Å². The number of imide groups is 1. The van der Waals surface area contributed by atoms with E-state index in [9.17, 15) is 22.8 Å². The number of carbonyl (C=O) groups is 2. The number of benzene rings is 2. The van der Waals surface area contributed by atoms with Crippen molar-refractivity contribution in [2.75, 3.05) is 32.8 Å². The molecule has 0 aromatic heterocycles. The number of hydrogen-bond donors (Lipinski definition) is 1. The van der Waals surface area contributed by atoms with Crippen LogP contribution in [0, 0.1) is 17.5 Å². The van der Waals surface area contributed by atoms with E-state index in [2.05, 4.69) is 10.2 Å². The van der Waals surface area contributed by atoms with Crippen LogP contribution in [0.1, 0.15) is 43.2 Å². The van der Waals surface area contributed by atoms with Crippen molar-refractivity contribution in [1.82, 2.24) is 15.1 Å². The van der Waals surface area contributed by atoms with Gasteiger partial charge in [0.15, 0.2) is 11.6 Å². The zero-order valence-electron chi connectivity index (χ0n) is 19.0. The third-order valence-electron chi connectivity index (χ3n) is 6.75. The van der Waals surface area contributed by atoms with Crippen molar-refractivity contribution in [3.05, 3.63) is 71.0 Å². The van der Waals surface area contributed by atoms with Gasteiger partial charge in [-0.25, -0.2) is 27.7 Å². The summed E-state index contributed by atoms with van der Waals surface area (Å²) >= 11 is 0. The quantitative estimate of drug-likeness (QED) is 0.613. The van der Waals surface area contributed by atoms with Gasteiger partial charge in [0.1, 0.15) is 18.0 Å². The van der Waals surface area contributed by atoms with Crippen LogP contribution in [-0.4, -0.2) is 54.7 Å². The molecule has 2 aliphatic rings. The zero-order valence-corrected chi connectivity index (χ0v) is 19.0. The van der Waals surface area contributed by atoms with Gasteiger partial charge >= 0.3 is 12.1 Å². The molecule has 6 nitrogen and oxygen atoms in total. The Bertz CT molecular complexity index is 1040. The van der Waals surface area contributed by atoms with Gasteiger partial charge in [-0.2, -0.15) is 0 Å². The van der Waals surface area contributed by atoms with Crippen LogP contribution in [0.25, 0.3) is 0 Å². The van der Waals surface area contributed by atoms with Gasteiger partial charge in [0, 0.05) is 6.54 Å². The minimum Gasteiger partial charge on any atom is -0.446 e. The van der Waals surface area contributed by atoms with E-state index in [1.54, 1.807) is 6.92 Å². The van der Waals surface area contributed by atoms with Crippen LogP contribution < -0.4 is 5.32 Å². The lowest BCUT2D eigenvalue weighted by Gasteiger charge is -2.32. The molecule has 1 N–H and O–H groups in total. The van der Waals surface area contributed by atoms with E-state index in [4.69, 9.17) is 4.74 Å². The van der Waals surface area contributed by atoms with Crippen LogP contribution in [0.3, 0.4) is 0 Å². The Hall–Kier alpha value is -3.07. The molecule has 0 unspecified atom stereocenters.